The van der Waals surface area contributed by atoms with Crippen LogP contribution in [0.15, 0.2) is 78.1 Å². The smallest absolute Gasteiger partial charge is 0.281 e. The lowest BCUT2D eigenvalue weighted by Gasteiger charge is -2.36. The molecule has 1 amide bonds. The number of carbonyl (C=O) groups excluding carboxylic acids is 1. The molecule has 5 rings (SSSR count). The zero-order chi connectivity index (χ0) is 26.2. The van der Waals surface area contributed by atoms with Crippen molar-refractivity contribution in [2.45, 2.75) is 37.8 Å². The van der Waals surface area contributed by atoms with Crippen LogP contribution in [0.4, 0.5) is 17.3 Å². The first-order valence-electron chi connectivity index (χ1n) is 12.0. The molecule has 0 spiro atoms. The Balaban J connectivity index is 1.38. The molecule has 190 valence electrons. The van der Waals surface area contributed by atoms with Crippen LogP contribution in [-0.2, 0) is 10.0 Å². The van der Waals surface area contributed by atoms with Gasteiger partial charge in [-0.3, -0.25) is 9.78 Å². The van der Waals surface area contributed by atoms with Gasteiger partial charge in [-0.05, 0) is 62.6 Å². The van der Waals surface area contributed by atoms with E-state index in [4.69, 9.17) is 0 Å². The van der Waals surface area contributed by atoms with E-state index in [9.17, 15) is 13.2 Å². The van der Waals surface area contributed by atoms with Gasteiger partial charge < -0.3 is 10.2 Å². The first kappa shape index (κ1) is 24.6. The number of fused-ring (bicyclic) bond motifs is 1. The van der Waals surface area contributed by atoms with Crippen molar-refractivity contribution in [1.82, 2.24) is 19.7 Å². The normalized spacial score (nSPS) is 17.1. The summed E-state index contributed by atoms with van der Waals surface area (Å²) in [6, 6.07) is 17.3. The molecule has 37 heavy (non-hydrogen) atoms. The van der Waals surface area contributed by atoms with Crippen molar-refractivity contribution in [2.75, 3.05) is 16.8 Å². The minimum Gasteiger partial charge on any atom is -0.351 e. The quantitative estimate of drug-likeness (QED) is 0.384. The number of hydrogen-bond donors (Lipinski definition) is 2. The van der Waals surface area contributed by atoms with Crippen LogP contribution in [0.5, 0.6) is 0 Å². The highest BCUT2D eigenvalue weighted by atomic mass is 32.2. The number of anilines is 3. The molecule has 1 aromatic carbocycles. The number of nitrogens with one attached hydrogen (secondary N) is 2. The van der Waals surface area contributed by atoms with Gasteiger partial charge >= 0.3 is 0 Å². The van der Waals surface area contributed by atoms with Crippen molar-refractivity contribution < 1.29 is 13.2 Å². The summed E-state index contributed by atoms with van der Waals surface area (Å²) in [7, 11) is -4.25. The summed E-state index contributed by atoms with van der Waals surface area (Å²) in [5.74, 6) is 0.419. The Morgan fingerprint density at radius 1 is 1.05 bits per heavy atom. The summed E-state index contributed by atoms with van der Waals surface area (Å²) in [6.45, 7) is 7.10. The van der Waals surface area contributed by atoms with Crippen molar-refractivity contribution in [3.8, 4) is 0 Å². The molecule has 1 atom stereocenters. The van der Waals surface area contributed by atoms with E-state index < -0.39 is 15.9 Å². The molecule has 4 aromatic rings. The molecule has 1 aliphatic rings. The van der Waals surface area contributed by atoms with Gasteiger partial charge in [0.25, 0.3) is 15.9 Å². The van der Waals surface area contributed by atoms with Crippen molar-refractivity contribution >= 4 is 44.2 Å². The minimum absolute atomic E-state index is 0.199. The first-order chi connectivity index (χ1) is 17.6. The Hall–Kier alpha value is -4.05. The standard InChI is InChI=1S/C27H28N6O3S/c1-18-13-15-33(27(18,2)3)25-21(9-7-14-28-25)26(34)32-37(35,36)24-12-6-11-23(31-24)30-20-16-19-8-4-5-10-22(19)29-17-20/h4-12,14,16-18H,13,15H2,1-3H3,(H,30,31)(H,32,34). The fourth-order valence-corrected chi connectivity index (χ4v) is 5.48. The average Bonchev–Trinajstić information content (AvgIpc) is 3.15. The second-order valence-electron chi connectivity index (χ2n) is 9.71. The third kappa shape index (κ3) is 4.84. The van der Waals surface area contributed by atoms with Crippen molar-refractivity contribution in [3.05, 3.63) is 78.6 Å². The van der Waals surface area contributed by atoms with E-state index in [1.807, 2.05) is 30.3 Å². The van der Waals surface area contributed by atoms with Crippen LogP contribution in [0.1, 0.15) is 37.6 Å². The van der Waals surface area contributed by atoms with Gasteiger partial charge in [0, 0.05) is 23.7 Å². The third-order valence-corrected chi connectivity index (χ3v) is 8.30. The van der Waals surface area contributed by atoms with Crippen LogP contribution >= 0.6 is 0 Å². The van der Waals surface area contributed by atoms with Gasteiger partial charge in [-0.15, -0.1) is 0 Å². The Kier molecular flexibility index (Phi) is 6.28. The second kappa shape index (κ2) is 9.44. The molecule has 4 heterocycles. The zero-order valence-corrected chi connectivity index (χ0v) is 21.7. The molecule has 1 fully saturated rings. The van der Waals surface area contributed by atoms with Gasteiger partial charge in [-0.25, -0.2) is 14.7 Å². The van der Waals surface area contributed by atoms with E-state index in [0.29, 0.717) is 23.2 Å². The largest absolute Gasteiger partial charge is 0.351 e. The van der Waals surface area contributed by atoms with Crippen LogP contribution in [0, 0.1) is 5.92 Å². The zero-order valence-electron chi connectivity index (χ0n) is 20.8. The van der Waals surface area contributed by atoms with Gasteiger partial charge in [0.2, 0.25) is 0 Å². The van der Waals surface area contributed by atoms with Gasteiger partial charge in [0.05, 0.1) is 23.0 Å². The highest BCUT2D eigenvalue weighted by molar-refractivity contribution is 7.90. The topological polar surface area (TPSA) is 117 Å². The van der Waals surface area contributed by atoms with Crippen molar-refractivity contribution in [1.29, 1.82) is 0 Å². The maximum atomic E-state index is 13.2. The number of amides is 1. The number of aromatic nitrogens is 3. The molecule has 0 radical (unpaired) electrons. The SMILES string of the molecule is CC1CCN(c2ncccc2C(=O)NS(=O)(=O)c2cccc(Nc3cnc4ccccc4c3)n2)C1(C)C. The van der Waals surface area contributed by atoms with E-state index in [1.54, 1.807) is 36.7 Å². The van der Waals surface area contributed by atoms with Crippen LogP contribution in [0.3, 0.4) is 0 Å². The van der Waals surface area contributed by atoms with Crippen LogP contribution in [0.25, 0.3) is 10.9 Å². The predicted molar refractivity (Wildman–Crippen MR) is 143 cm³/mol. The Labute approximate surface area is 216 Å². The number of nitrogens with zero attached hydrogens (tertiary/aromatic N) is 4. The monoisotopic (exact) mass is 516 g/mol. The highest BCUT2D eigenvalue weighted by Crippen LogP contribution is 2.38. The van der Waals surface area contributed by atoms with E-state index in [2.05, 4.69) is 50.7 Å². The summed E-state index contributed by atoms with van der Waals surface area (Å²) >= 11 is 0. The number of sulfonamides is 1. The molecular formula is C27H28N6O3S. The molecular weight excluding hydrogens is 488 g/mol. The number of benzene rings is 1. The minimum atomic E-state index is -4.25. The van der Waals surface area contributed by atoms with Crippen LogP contribution in [-0.4, -0.2) is 41.4 Å². The van der Waals surface area contributed by atoms with Gasteiger partial charge in [-0.2, -0.15) is 8.42 Å². The van der Waals surface area contributed by atoms with Gasteiger partial charge in [-0.1, -0.05) is 31.2 Å². The van der Waals surface area contributed by atoms with E-state index >= 15 is 0 Å². The summed E-state index contributed by atoms with van der Waals surface area (Å²) in [6.07, 6.45) is 4.22. The lowest BCUT2D eigenvalue weighted by molar-refractivity contribution is 0.0981. The molecule has 0 aliphatic carbocycles. The maximum absolute atomic E-state index is 13.2. The Morgan fingerprint density at radius 2 is 1.86 bits per heavy atom. The Bertz CT molecular complexity index is 1590. The second-order valence-corrected chi connectivity index (χ2v) is 11.3. The third-order valence-electron chi connectivity index (χ3n) is 7.06. The number of hydrogen-bond acceptors (Lipinski definition) is 8. The number of rotatable bonds is 6. The van der Waals surface area contributed by atoms with Crippen molar-refractivity contribution in [2.24, 2.45) is 5.92 Å². The lowest BCUT2D eigenvalue weighted by atomic mass is 9.90. The molecule has 1 unspecified atom stereocenters. The van der Waals surface area contributed by atoms with Crippen LogP contribution < -0.4 is 14.9 Å². The fraction of sp³-hybridized carbons (Fsp3) is 0.259. The summed E-state index contributed by atoms with van der Waals surface area (Å²) in [5.41, 5.74) is 1.49. The Morgan fingerprint density at radius 3 is 2.65 bits per heavy atom. The van der Waals surface area contributed by atoms with E-state index in [1.165, 1.54) is 6.07 Å². The lowest BCUT2D eigenvalue weighted by Crippen LogP contribution is -2.43. The molecule has 0 bridgehead atoms. The molecule has 10 heteroatoms. The van der Waals surface area contributed by atoms with E-state index in [0.717, 1.165) is 23.9 Å². The molecule has 1 saturated heterocycles. The maximum Gasteiger partial charge on any atom is 0.281 e. The summed E-state index contributed by atoms with van der Waals surface area (Å²) in [4.78, 5) is 28.3. The predicted octanol–water partition coefficient (Wildman–Crippen LogP) is 4.51. The number of para-hydroxylation sites is 1. The molecule has 9 nitrogen and oxygen atoms in total. The van der Waals surface area contributed by atoms with Gasteiger partial charge in [0.15, 0.2) is 5.03 Å². The average molecular weight is 517 g/mol. The summed E-state index contributed by atoms with van der Waals surface area (Å²) in [5, 5.41) is 3.74. The van der Waals surface area contributed by atoms with Gasteiger partial charge in [0.1, 0.15) is 11.6 Å². The molecule has 1 aliphatic heterocycles. The molecule has 3 aromatic heterocycles. The van der Waals surface area contributed by atoms with Crippen molar-refractivity contribution in [3.63, 3.8) is 0 Å². The fourth-order valence-electron chi connectivity index (χ4n) is 4.55. The number of pyridine rings is 3. The molecule has 2 N–H and O–H groups in total. The summed E-state index contributed by atoms with van der Waals surface area (Å²) < 4.78 is 28.4. The highest BCUT2D eigenvalue weighted by Gasteiger charge is 2.40. The van der Waals surface area contributed by atoms with Crippen LogP contribution in [0.2, 0.25) is 0 Å². The number of carbonyl (C=O) groups is 1. The van der Waals surface area contributed by atoms with E-state index in [-0.39, 0.29) is 16.1 Å². The first-order valence-corrected chi connectivity index (χ1v) is 13.5. The molecule has 0 saturated carbocycles.